The number of nitrogen functional groups attached to an aromatic ring is 1. The number of β-amino-alcohol motifs (C(OH)–C–C–N with tert-alkyl or cyclic N) is 1. The van der Waals surface area contributed by atoms with Crippen LogP contribution in [0.3, 0.4) is 0 Å². The summed E-state index contributed by atoms with van der Waals surface area (Å²) in [7, 11) is 0. The third-order valence-corrected chi connectivity index (χ3v) is 2.31. The number of hydrogen-bond acceptors (Lipinski definition) is 3. The monoisotopic (exact) mass is 244 g/mol. The lowest BCUT2D eigenvalue weighted by molar-refractivity contribution is 0.162. The molecule has 17 heavy (non-hydrogen) atoms. The number of rotatable bonds is 3. The Kier molecular flexibility index (Phi) is 4.06. The lowest BCUT2D eigenvalue weighted by atomic mass is 10.1. The highest BCUT2D eigenvalue weighted by Crippen LogP contribution is 2.21. The van der Waals surface area contributed by atoms with E-state index in [1.165, 1.54) is 0 Å². The van der Waals surface area contributed by atoms with Gasteiger partial charge in [0.25, 0.3) is 0 Å². The molecule has 1 aromatic carbocycles. The van der Waals surface area contributed by atoms with E-state index in [2.05, 4.69) is 5.32 Å². The van der Waals surface area contributed by atoms with Crippen molar-refractivity contribution in [2.24, 2.45) is 0 Å². The van der Waals surface area contributed by atoms with Crippen LogP contribution in [0.2, 0.25) is 0 Å². The molecule has 0 fully saturated rings. The zero-order valence-corrected chi connectivity index (χ0v) is 10.2. The standard InChI is InChI=1S/C12H18F2N2O/c1-12(2,3)16-6-10(17)7-4-8(13)11(15)9(14)5-7/h4-5,10,16-17H,6,15H2,1-3H3. The van der Waals surface area contributed by atoms with Gasteiger partial charge in [0.15, 0.2) is 0 Å². The summed E-state index contributed by atoms with van der Waals surface area (Å²) in [6.45, 7) is 6.02. The highest BCUT2D eigenvalue weighted by atomic mass is 19.1. The Morgan fingerprint density at radius 2 is 1.76 bits per heavy atom. The van der Waals surface area contributed by atoms with Gasteiger partial charge in [0, 0.05) is 12.1 Å². The van der Waals surface area contributed by atoms with Crippen molar-refractivity contribution in [3.8, 4) is 0 Å². The van der Waals surface area contributed by atoms with E-state index in [9.17, 15) is 13.9 Å². The maximum atomic E-state index is 13.2. The fraction of sp³-hybridized carbons (Fsp3) is 0.500. The van der Waals surface area contributed by atoms with E-state index in [0.29, 0.717) is 0 Å². The van der Waals surface area contributed by atoms with E-state index in [4.69, 9.17) is 5.73 Å². The number of nitrogens with one attached hydrogen (secondary N) is 1. The van der Waals surface area contributed by atoms with E-state index in [0.717, 1.165) is 12.1 Å². The largest absolute Gasteiger partial charge is 0.394 e. The Morgan fingerprint density at radius 1 is 1.29 bits per heavy atom. The third-order valence-electron chi connectivity index (χ3n) is 2.31. The number of nitrogens with two attached hydrogens (primary N) is 1. The minimum absolute atomic E-state index is 0.172. The summed E-state index contributed by atoms with van der Waals surface area (Å²) in [5, 5.41) is 12.8. The number of benzene rings is 1. The molecule has 1 aromatic rings. The van der Waals surface area contributed by atoms with Crippen molar-refractivity contribution in [3.05, 3.63) is 29.3 Å². The van der Waals surface area contributed by atoms with Gasteiger partial charge in [-0.25, -0.2) is 8.78 Å². The topological polar surface area (TPSA) is 58.3 Å². The fourth-order valence-corrected chi connectivity index (χ4v) is 1.32. The molecule has 1 atom stereocenters. The van der Waals surface area contributed by atoms with Gasteiger partial charge in [-0.15, -0.1) is 0 Å². The lowest BCUT2D eigenvalue weighted by Crippen LogP contribution is -2.38. The second-order valence-electron chi connectivity index (χ2n) is 5.04. The molecule has 0 aromatic heterocycles. The van der Waals surface area contributed by atoms with Crippen molar-refractivity contribution in [3.63, 3.8) is 0 Å². The van der Waals surface area contributed by atoms with Crippen LogP contribution in [0.5, 0.6) is 0 Å². The molecule has 1 unspecified atom stereocenters. The predicted molar refractivity (Wildman–Crippen MR) is 63.5 cm³/mol. The maximum Gasteiger partial charge on any atom is 0.149 e. The van der Waals surface area contributed by atoms with Gasteiger partial charge < -0.3 is 16.2 Å². The molecule has 1 rings (SSSR count). The number of aliphatic hydroxyl groups is 1. The SMILES string of the molecule is CC(C)(C)NCC(O)c1cc(F)c(N)c(F)c1. The van der Waals surface area contributed by atoms with Crippen LogP contribution in [0.1, 0.15) is 32.4 Å². The minimum atomic E-state index is -0.973. The predicted octanol–water partition coefficient (Wildman–Crippen LogP) is 1.97. The summed E-state index contributed by atoms with van der Waals surface area (Å²) < 4.78 is 26.4. The van der Waals surface area contributed by atoms with Crippen molar-refractivity contribution < 1.29 is 13.9 Å². The number of aliphatic hydroxyl groups excluding tert-OH is 1. The smallest absolute Gasteiger partial charge is 0.149 e. The molecule has 4 N–H and O–H groups in total. The molecule has 0 spiro atoms. The molecular formula is C12H18F2N2O. The van der Waals surface area contributed by atoms with Crippen molar-refractivity contribution in [1.82, 2.24) is 5.32 Å². The van der Waals surface area contributed by atoms with Gasteiger partial charge in [-0.3, -0.25) is 0 Å². The molecule has 0 saturated heterocycles. The molecule has 0 aliphatic rings. The number of anilines is 1. The summed E-state index contributed by atoms with van der Waals surface area (Å²) >= 11 is 0. The quantitative estimate of drug-likeness (QED) is 0.712. The zero-order chi connectivity index (χ0) is 13.2. The van der Waals surface area contributed by atoms with Crippen LogP contribution in [0.15, 0.2) is 12.1 Å². The number of hydrogen-bond donors (Lipinski definition) is 3. The molecule has 0 bridgehead atoms. The first-order valence-electron chi connectivity index (χ1n) is 5.38. The molecule has 0 amide bonds. The Balaban J connectivity index is 2.79. The van der Waals surface area contributed by atoms with Crippen LogP contribution in [-0.4, -0.2) is 17.2 Å². The molecule has 0 aliphatic carbocycles. The van der Waals surface area contributed by atoms with Gasteiger partial charge in [-0.1, -0.05) is 0 Å². The van der Waals surface area contributed by atoms with E-state index in [1.54, 1.807) is 0 Å². The van der Waals surface area contributed by atoms with Crippen LogP contribution in [0.4, 0.5) is 14.5 Å². The molecular weight excluding hydrogens is 226 g/mol. The van der Waals surface area contributed by atoms with Crippen LogP contribution < -0.4 is 11.1 Å². The summed E-state index contributed by atoms with van der Waals surface area (Å²) in [5.74, 6) is -1.70. The fourth-order valence-electron chi connectivity index (χ4n) is 1.32. The summed E-state index contributed by atoms with van der Waals surface area (Å²) in [6, 6.07) is 2.10. The Morgan fingerprint density at radius 3 is 2.18 bits per heavy atom. The van der Waals surface area contributed by atoms with Gasteiger partial charge in [0.05, 0.1) is 6.10 Å². The third kappa shape index (κ3) is 3.94. The van der Waals surface area contributed by atoms with Crippen LogP contribution in [0.25, 0.3) is 0 Å². The summed E-state index contributed by atoms with van der Waals surface area (Å²) in [5.41, 5.74) is 4.62. The molecule has 5 heteroatoms. The molecule has 0 radical (unpaired) electrons. The van der Waals surface area contributed by atoms with Crippen LogP contribution >= 0.6 is 0 Å². The summed E-state index contributed by atoms with van der Waals surface area (Å²) in [4.78, 5) is 0. The van der Waals surface area contributed by atoms with Crippen molar-refractivity contribution in [1.29, 1.82) is 0 Å². The van der Waals surface area contributed by atoms with E-state index in [-0.39, 0.29) is 17.6 Å². The molecule has 0 heterocycles. The first-order chi connectivity index (χ1) is 7.70. The van der Waals surface area contributed by atoms with Gasteiger partial charge in [0.1, 0.15) is 17.3 Å². The maximum absolute atomic E-state index is 13.2. The first-order valence-corrected chi connectivity index (χ1v) is 5.38. The van der Waals surface area contributed by atoms with Gasteiger partial charge in [-0.05, 0) is 38.5 Å². The lowest BCUT2D eigenvalue weighted by Gasteiger charge is -2.23. The normalized spacial score (nSPS) is 13.8. The second-order valence-corrected chi connectivity index (χ2v) is 5.04. The van der Waals surface area contributed by atoms with Gasteiger partial charge in [0.2, 0.25) is 0 Å². The highest BCUT2D eigenvalue weighted by molar-refractivity contribution is 5.43. The Hall–Kier alpha value is -1.20. The average molecular weight is 244 g/mol. The number of halogens is 2. The van der Waals surface area contributed by atoms with Gasteiger partial charge >= 0.3 is 0 Å². The van der Waals surface area contributed by atoms with E-state index < -0.39 is 23.4 Å². The Bertz CT molecular complexity index is 379. The average Bonchev–Trinajstić information content (AvgIpc) is 2.20. The first kappa shape index (κ1) is 13.9. The van der Waals surface area contributed by atoms with E-state index >= 15 is 0 Å². The van der Waals surface area contributed by atoms with Gasteiger partial charge in [-0.2, -0.15) is 0 Å². The zero-order valence-electron chi connectivity index (χ0n) is 10.2. The van der Waals surface area contributed by atoms with Crippen molar-refractivity contribution in [2.75, 3.05) is 12.3 Å². The molecule has 0 saturated carbocycles. The molecule has 3 nitrogen and oxygen atoms in total. The van der Waals surface area contributed by atoms with E-state index in [1.807, 2.05) is 20.8 Å². The van der Waals surface area contributed by atoms with Crippen molar-refractivity contribution in [2.45, 2.75) is 32.4 Å². The summed E-state index contributed by atoms with van der Waals surface area (Å²) in [6.07, 6.45) is -0.973. The highest BCUT2D eigenvalue weighted by Gasteiger charge is 2.16. The van der Waals surface area contributed by atoms with Crippen molar-refractivity contribution >= 4 is 5.69 Å². The van der Waals surface area contributed by atoms with Crippen LogP contribution in [-0.2, 0) is 0 Å². The van der Waals surface area contributed by atoms with Crippen LogP contribution in [0, 0.1) is 11.6 Å². The molecule has 96 valence electrons. The molecule has 0 aliphatic heterocycles. The Labute approximate surface area is 99.6 Å². The minimum Gasteiger partial charge on any atom is -0.394 e. The second kappa shape index (κ2) is 4.98.